The van der Waals surface area contributed by atoms with E-state index >= 15 is 0 Å². The number of aliphatic hydroxyl groups is 1. The van der Waals surface area contributed by atoms with Gasteiger partial charge in [-0.1, -0.05) is 62.4 Å². The SMILES string of the molecule is COc1ccccc1CN1C(=O)C(O)=C(C(=O)CC(C)C)C1c1ccccc1. The summed E-state index contributed by atoms with van der Waals surface area (Å²) in [4.78, 5) is 27.4. The van der Waals surface area contributed by atoms with Gasteiger partial charge in [0, 0.05) is 12.0 Å². The molecule has 3 rings (SSSR count). The van der Waals surface area contributed by atoms with Crippen LogP contribution >= 0.6 is 0 Å². The van der Waals surface area contributed by atoms with Crippen molar-refractivity contribution in [3.63, 3.8) is 0 Å². The Kier molecular flexibility index (Phi) is 5.83. The number of nitrogens with zero attached hydrogens (tertiary/aromatic N) is 1. The maximum Gasteiger partial charge on any atom is 0.290 e. The summed E-state index contributed by atoms with van der Waals surface area (Å²) >= 11 is 0. The van der Waals surface area contributed by atoms with Crippen LogP contribution in [-0.2, 0) is 16.1 Å². The number of ether oxygens (including phenoxy) is 1. The standard InChI is InChI=1S/C23H25NO4/c1-15(2)13-18(25)20-21(16-9-5-4-6-10-16)24(23(27)22(20)26)14-17-11-7-8-12-19(17)28-3/h4-12,15,21,26H,13-14H2,1-3H3. The molecular weight excluding hydrogens is 354 g/mol. The van der Waals surface area contributed by atoms with Gasteiger partial charge in [0.25, 0.3) is 5.91 Å². The second-order valence-electron chi connectivity index (χ2n) is 7.34. The first-order valence-corrected chi connectivity index (χ1v) is 9.38. The van der Waals surface area contributed by atoms with Gasteiger partial charge < -0.3 is 14.7 Å². The third-order valence-electron chi connectivity index (χ3n) is 4.85. The average molecular weight is 379 g/mol. The van der Waals surface area contributed by atoms with Gasteiger partial charge in [0.05, 0.1) is 25.3 Å². The number of amides is 1. The summed E-state index contributed by atoms with van der Waals surface area (Å²) in [5.41, 5.74) is 1.78. The summed E-state index contributed by atoms with van der Waals surface area (Å²) in [5.74, 6) is -0.398. The molecule has 1 amide bonds. The first-order chi connectivity index (χ1) is 13.4. The summed E-state index contributed by atoms with van der Waals surface area (Å²) < 4.78 is 5.40. The smallest absolute Gasteiger partial charge is 0.290 e. The van der Waals surface area contributed by atoms with Gasteiger partial charge in [0.2, 0.25) is 0 Å². The van der Waals surface area contributed by atoms with Crippen molar-refractivity contribution in [2.45, 2.75) is 32.9 Å². The third kappa shape index (κ3) is 3.79. The van der Waals surface area contributed by atoms with Crippen molar-refractivity contribution in [2.75, 3.05) is 7.11 Å². The average Bonchev–Trinajstić information content (AvgIpc) is 2.93. The minimum atomic E-state index is -0.620. The highest BCUT2D eigenvalue weighted by Gasteiger charge is 2.43. The van der Waals surface area contributed by atoms with Crippen LogP contribution in [-0.4, -0.2) is 28.8 Å². The number of hydrogen-bond acceptors (Lipinski definition) is 4. The van der Waals surface area contributed by atoms with E-state index in [1.54, 1.807) is 7.11 Å². The number of Topliss-reactive ketones (excluding diaryl/α,β-unsaturated/α-hetero) is 1. The molecular formula is C23H25NO4. The number of carbonyl (C=O) groups is 2. The monoisotopic (exact) mass is 379 g/mol. The maximum atomic E-state index is 12.9. The van der Waals surface area contributed by atoms with Crippen LogP contribution < -0.4 is 4.74 Å². The Morgan fingerprint density at radius 2 is 1.75 bits per heavy atom. The first kappa shape index (κ1) is 19.7. The number of benzene rings is 2. The Balaban J connectivity index is 2.04. The molecule has 146 valence electrons. The molecule has 0 bridgehead atoms. The normalized spacial score (nSPS) is 16.8. The Morgan fingerprint density at radius 3 is 2.39 bits per heavy atom. The van der Waals surface area contributed by atoms with Crippen molar-refractivity contribution < 1.29 is 19.4 Å². The van der Waals surface area contributed by atoms with Gasteiger partial charge in [0.1, 0.15) is 5.75 Å². The molecule has 2 aromatic rings. The van der Waals surface area contributed by atoms with Crippen LogP contribution in [0, 0.1) is 5.92 Å². The number of para-hydroxylation sites is 1. The van der Waals surface area contributed by atoms with Gasteiger partial charge in [-0.2, -0.15) is 0 Å². The zero-order valence-electron chi connectivity index (χ0n) is 16.4. The van der Waals surface area contributed by atoms with E-state index in [9.17, 15) is 14.7 Å². The van der Waals surface area contributed by atoms with Crippen molar-refractivity contribution in [2.24, 2.45) is 5.92 Å². The van der Waals surface area contributed by atoms with Crippen molar-refractivity contribution in [1.29, 1.82) is 0 Å². The lowest BCUT2D eigenvalue weighted by Crippen LogP contribution is -2.31. The molecule has 0 aromatic heterocycles. The fourth-order valence-electron chi connectivity index (χ4n) is 3.58. The molecule has 1 aliphatic rings. The van der Waals surface area contributed by atoms with E-state index in [0.29, 0.717) is 5.75 Å². The van der Waals surface area contributed by atoms with Crippen LogP contribution in [0.25, 0.3) is 0 Å². The highest BCUT2D eigenvalue weighted by Crippen LogP contribution is 2.40. The van der Waals surface area contributed by atoms with Gasteiger partial charge in [-0.3, -0.25) is 9.59 Å². The lowest BCUT2D eigenvalue weighted by molar-refractivity contribution is -0.130. The number of methoxy groups -OCH3 is 1. The van der Waals surface area contributed by atoms with Crippen molar-refractivity contribution >= 4 is 11.7 Å². The third-order valence-corrected chi connectivity index (χ3v) is 4.85. The predicted octanol–water partition coefficient (Wildman–Crippen LogP) is 4.21. The van der Waals surface area contributed by atoms with Crippen molar-refractivity contribution in [3.8, 4) is 5.75 Å². The summed E-state index contributed by atoms with van der Waals surface area (Å²) in [5, 5.41) is 10.6. The van der Waals surface area contributed by atoms with E-state index in [4.69, 9.17) is 4.74 Å². The van der Waals surface area contributed by atoms with E-state index in [0.717, 1.165) is 11.1 Å². The zero-order valence-corrected chi connectivity index (χ0v) is 16.4. The van der Waals surface area contributed by atoms with Crippen LogP contribution in [0.15, 0.2) is 65.9 Å². The first-order valence-electron chi connectivity index (χ1n) is 9.38. The number of rotatable bonds is 7. The fourth-order valence-corrected chi connectivity index (χ4v) is 3.58. The summed E-state index contributed by atoms with van der Waals surface area (Å²) in [6.45, 7) is 4.11. The van der Waals surface area contributed by atoms with Gasteiger partial charge in [-0.15, -0.1) is 0 Å². The van der Waals surface area contributed by atoms with Crippen LogP contribution in [0.5, 0.6) is 5.75 Å². The van der Waals surface area contributed by atoms with Crippen LogP contribution in [0.3, 0.4) is 0 Å². The predicted molar refractivity (Wildman–Crippen MR) is 107 cm³/mol. The minimum Gasteiger partial charge on any atom is -0.503 e. The Bertz CT molecular complexity index is 902. The van der Waals surface area contributed by atoms with Crippen molar-refractivity contribution in [3.05, 3.63) is 77.1 Å². The van der Waals surface area contributed by atoms with Crippen LogP contribution in [0.2, 0.25) is 0 Å². The van der Waals surface area contributed by atoms with Crippen LogP contribution in [0.4, 0.5) is 0 Å². The van der Waals surface area contributed by atoms with E-state index in [2.05, 4.69) is 0 Å². The van der Waals surface area contributed by atoms with Crippen LogP contribution in [0.1, 0.15) is 37.4 Å². The molecule has 5 heteroatoms. The molecule has 1 unspecified atom stereocenters. The molecule has 5 nitrogen and oxygen atoms in total. The quantitative estimate of drug-likeness (QED) is 0.783. The van der Waals surface area contributed by atoms with Gasteiger partial charge in [-0.05, 0) is 17.5 Å². The highest BCUT2D eigenvalue weighted by atomic mass is 16.5. The van der Waals surface area contributed by atoms with E-state index in [1.807, 2.05) is 68.4 Å². The summed E-state index contributed by atoms with van der Waals surface area (Å²) in [6, 6.07) is 16.1. The topological polar surface area (TPSA) is 66.8 Å². The lowest BCUT2D eigenvalue weighted by Gasteiger charge is -2.27. The second kappa shape index (κ2) is 8.30. The molecule has 0 saturated heterocycles. The molecule has 1 aliphatic heterocycles. The van der Waals surface area contributed by atoms with Gasteiger partial charge in [-0.25, -0.2) is 0 Å². The molecule has 1 N–H and O–H groups in total. The number of aliphatic hydroxyl groups excluding tert-OH is 1. The van der Waals surface area contributed by atoms with Crippen molar-refractivity contribution in [1.82, 2.24) is 4.90 Å². The molecule has 0 aliphatic carbocycles. The number of ketones is 1. The molecule has 0 fully saturated rings. The van der Waals surface area contributed by atoms with E-state index < -0.39 is 17.7 Å². The van der Waals surface area contributed by atoms with E-state index in [1.165, 1.54) is 4.90 Å². The molecule has 0 radical (unpaired) electrons. The summed E-state index contributed by atoms with van der Waals surface area (Å²) in [6.07, 6.45) is 0.276. The largest absolute Gasteiger partial charge is 0.503 e. The maximum absolute atomic E-state index is 12.9. The fraction of sp³-hybridized carbons (Fsp3) is 0.304. The molecule has 2 aromatic carbocycles. The Labute approximate surface area is 165 Å². The lowest BCUT2D eigenvalue weighted by atomic mass is 9.92. The van der Waals surface area contributed by atoms with Gasteiger partial charge in [0.15, 0.2) is 11.5 Å². The number of carbonyl (C=O) groups excluding carboxylic acids is 2. The minimum absolute atomic E-state index is 0.127. The Morgan fingerprint density at radius 1 is 1.11 bits per heavy atom. The number of hydrogen-bond donors (Lipinski definition) is 1. The zero-order chi connectivity index (χ0) is 20.3. The molecule has 0 spiro atoms. The molecule has 1 atom stereocenters. The summed E-state index contributed by atoms with van der Waals surface area (Å²) in [7, 11) is 1.58. The van der Waals surface area contributed by atoms with Gasteiger partial charge >= 0.3 is 0 Å². The molecule has 28 heavy (non-hydrogen) atoms. The molecule has 1 heterocycles. The second-order valence-corrected chi connectivity index (χ2v) is 7.34. The highest BCUT2D eigenvalue weighted by molar-refractivity contribution is 6.09. The Hall–Kier alpha value is -3.08. The molecule has 0 saturated carbocycles. The van der Waals surface area contributed by atoms with E-state index in [-0.39, 0.29) is 30.2 Å².